The number of nitrogens with one attached hydrogen (secondary N) is 1. The Bertz CT molecular complexity index is 586. The molecule has 9 heteroatoms. The number of likely N-dealkylation sites (tertiary alicyclic amines) is 1. The molecule has 0 bridgehead atoms. The number of carbonyl (C=O) groups is 2. The quantitative estimate of drug-likeness (QED) is 0.804. The molecule has 0 unspecified atom stereocenters. The lowest BCUT2D eigenvalue weighted by Gasteiger charge is -2.49. The minimum atomic E-state index is -0.917. The fourth-order valence-electron chi connectivity index (χ4n) is 2.45. The van der Waals surface area contributed by atoms with Gasteiger partial charge in [0.25, 0.3) is 0 Å². The van der Waals surface area contributed by atoms with E-state index in [0.717, 1.165) is 0 Å². The molecule has 1 amide bonds. The third-order valence-corrected chi connectivity index (χ3v) is 3.56. The average Bonchev–Trinajstić information content (AvgIpc) is 2.74. The number of carboxylic acid groups (broad SMARTS) is 1. The van der Waals surface area contributed by atoms with Gasteiger partial charge in [-0.15, -0.1) is 10.2 Å². The first kappa shape index (κ1) is 17.2. The summed E-state index contributed by atoms with van der Waals surface area (Å²) < 4.78 is 7.05. The summed E-state index contributed by atoms with van der Waals surface area (Å²) in [6.07, 6.45) is 1.07. The molecule has 0 spiro atoms. The molecule has 0 saturated carbocycles. The highest BCUT2D eigenvalue weighted by atomic mass is 16.6. The molecule has 0 atom stereocenters. The lowest BCUT2D eigenvalue weighted by atomic mass is 9.86. The van der Waals surface area contributed by atoms with Crippen molar-refractivity contribution in [3.8, 4) is 0 Å². The van der Waals surface area contributed by atoms with Crippen LogP contribution >= 0.6 is 0 Å². The highest BCUT2D eigenvalue weighted by Gasteiger charge is 2.47. The first-order chi connectivity index (χ1) is 10.6. The van der Waals surface area contributed by atoms with Crippen molar-refractivity contribution in [2.75, 3.05) is 13.1 Å². The summed E-state index contributed by atoms with van der Waals surface area (Å²) in [5, 5.41) is 20.1. The normalized spacial score (nSPS) is 16.8. The third-order valence-electron chi connectivity index (χ3n) is 3.56. The van der Waals surface area contributed by atoms with Crippen LogP contribution in [0.4, 0.5) is 4.79 Å². The second-order valence-corrected chi connectivity index (χ2v) is 6.90. The summed E-state index contributed by atoms with van der Waals surface area (Å²) in [4.78, 5) is 24.6. The van der Waals surface area contributed by atoms with E-state index in [1.807, 2.05) is 7.05 Å². The van der Waals surface area contributed by atoms with E-state index in [1.54, 1.807) is 31.7 Å². The molecule has 1 aliphatic heterocycles. The number of ether oxygens (including phenoxy) is 1. The van der Waals surface area contributed by atoms with Crippen molar-refractivity contribution in [3.63, 3.8) is 0 Å². The zero-order valence-electron chi connectivity index (χ0n) is 13.9. The van der Waals surface area contributed by atoms with Gasteiger partial charge in [-0.3, -0.25) is 4.79 Å². The highest BCUT2D eigenvalue weighted by molar-refractivity contribution is 5.73. The van der Waals surface area contributed by atoms with Crippen LogP contribution in [0.2, 0.25) is 0 Å². The Balaban J connectivity index is 1.96. The van der Waals surface area contributed by atoms with Gasteiger partial charge in [0, 0.05) is 20.1 Å². The molecule has 0 aromatic carbocycles. The van der Waals surface area contributed by atoms with Crippen molar-refractivity contribution in [1.29, 1.82) is 0 Å². The number of nitrogens with zero attached hydrogens (tertiary/aromatic N) is 4. The zero-order valence-corrected chi connectivity index (χ0v) is 13.9. The number of hydrogen-bond acceptors (Lipinski definition) is 6. The Morgan fingerprint density at radius 3 is 2.57 bits per heavy atom. The third kappa shape index (κ3) is 4.41. The first-order valence-corrected chi connectivity index (χ1v) is 7.38. The molecule has 1 aliphatic rings. The second-order valence-electron chi connectivity index (χ2n) is 6.90. The molecule has 128 valence electrons. The Hall–Kier alpha value is -2.16. The van der Waals surface area contributed by atoms with E-state index in [-0.39, 0.29) is 19.5 Å². The van der Waals surface area contributed by atoms with Gasteiger partial charge in [-0.2, -0.15) is 0 Å². The maximum atomic E-state index is 12.0. The first-order valence-electron chi connectivity index (χ1n) is 7.38. The molecule has 0 radical (unpaired) electrons. The largest absolute Gasteiger partial charge is 0.481 e. The van der Waals surface area contributed by atoms with Crippen LogP contribution in [0.5, 0.6) is 0 Å². The molecule has 1 aromatic heterocycles. The smallest absolute Gasteiger partial charge is 0.410 e. The minimum Gasteiger partial charge on any atom is -0.481 e. The van der Waals surface area contributed by atoms with Gasteiger partial charge in [0.15, 0.2) is 0 Å². The molecular weight excluding hydrogens is 302 g/mol. The van der Waals surface area contributed by atoms with E-state index in [4.69, 9.17) is 9.84 Å². The van der Waals surface area contributed by atoms with E-state index < -0.39 is 23.2 Å². The topological polar surface area (TPSA) is 110 Å². The number of carboxylic acids is 1. The van der Waals surface area contributed by atoms with Crippen molar-refractivity contribution in [3.05, 3.63) is 12.2 Å². The van der Waals surface area contributed by atoms with Crippen LogP contribution in [0.3, 0.4) is 0 Å². The zero-order chi connectivity index (χ0) is 17.3. The van der Waals surface area contributed by atoms with Gasteiger partial charge in [0.05, 0.1) is 18.5 Å². The number of hydrogen-bond donors (Lipinski definition) is 2. The summed E-state index contributed by atoms with van der Waals surface area (Å²) in [6, 6.07) is 0. The van der Waals surface area contributed by atoms with E-state index in [2.05, 4.69) is 15.5 Å². The van der Waals surface area contributed by atoms with E-state index in [9.17, 15) is 9.59 Å². The minimum absolute atomic E-state index is 0.0792. The van der Waals surface area contributed by atoms with Gasteiger partial charge < -0.3 is 24.6 Å². The highest BCUT2D eigenvalue weighted by Crippen LogP contribution is 2.27. The molecule has 1 aromatic rings. The Morgan fingerprint density at radius 2 is 2.09 bits per heavy atom. The number of rotatable bonds is 5. The number of amides is 1. The molecule has 1 fully saturated rings. The van der Waals surface area contributed by atoms with Crippen LogP contribution in [0.25, 0.3) is 0 Å². The Morgan fingerprint density at radius 1 is 1.43 bits per heavy atom. The van der Waals surface area contributed by atoms with Gasteiger partial charge >= 0.3 is 12.1 Å². The van der Waals surface area contributed by atoms with Crippen LogP contribution in [-0.4, -0.2) is 61.1 Å². The average molecular weight is 325 g/mol. The van der Waals surface area contributed by atoms with Crippen LogP contribution in [0.15, 0.2) is 6.33 Å². The maximum absolute atomic E-state index is 12.0. The molecule has 1 saturated heterocycles. The number of carbonyl (C=O) groups excluding carboxylic acids is 1. The fraction of sp³-hybridized carbons (Fsp3) is 0.714. The summed E-state index contributed by atoms with van der Waals surface area (Å²) in [7, 11) is 1.81. The summed E-state index contributed by atoms with van der Waals surface area (Å²) in [5.74, 6) is -0.218. The molecular formula is C14H23N5O4. The monoisotopic (exact) mass is 325 g/mol. The van der Waals surface area contributed by atoms with Crippen molar-refractivity contribution in [1.82, 2.24) is 25.0 Å². The van der Waals surface area contributed by atoms with E-state index in [0.29, 0.717) is 12.4 Å². The van der Waals surface area contributed by atoms with Gasteiger partial charge in [-0.1, -0.05) is 0 Å². The predicted molar refractivity (Wildman–Crippen MR) is 80.6 cm³/mol. The molecule has 2 rings (SSSR count). The van der Waals surface area contributed by atoms with Gasteiger partial charge in [0.1, 0.15) is 17.8 Å². The fourth-order valence-corrected chi connectivity index (χ4v) is 2.45. The lowest BCUT2D eigenvalue weighted by Crippen LogP contribution is -2.71. The predicted octanol–water partition coefficient (Wildman–Crippen LogP) is 0.369. The Kier molecular flexibility index (Phi) is 4.60. The SMILES string of the molecule is Cn1cnnc1CNC1(CC(=O)O)CN(C(=O)OC(C)(C)C)C1. The summed E-state index contributed by atoms with van der Waals surface area (Å²) >= 11 is 0. The van der Waals surface area contributed by atoms with Crippen molar-refractivity contribution in [2.24, 2.45) is 7.05 Å². The second kappa shape index (κ2) is 6.15. The van der Waals surface area contributed by atoms with Crippen LogP contribution in [0.1, 0.15) is 33.0 Å². The Labute approximate surface area is 134 Å². The number of aryl methyl sites for hydroxylation is 1. The van der Waals surface area contributed by atoms with Gasteiger partial charge in [-0.25, -0.2) is 4.79 Å². The van der Waals surface area contributed by atoms with E-state index >= 15 is 0 Å². The maximum Gasteiger partial charge on any atom is 0.410 e. The molecule has 23 heavy (non-hydrogen) atoms. The standard InChI is InChI=1S/C14H23N5O4/c1-13(2,3)23-12(22)19-7-14(8-19,5-11(20)21)15-6-10-17-16-9-18(10)4/h9,15H,5-8H2,1-4H3,(H,20,21). The van der Waals surface area contributed by atoms with Crippen LogP contribution in [0, 0.1) is 0 Å². The number of aromatic nitrogens is 3. The van der Waals surface area contributed by atoms with Crippen molar-refractivity contribution in [2.45, 2.75) is 44.9 Å². The lowest BCUT2D eigenvalue weighted by molar-refractivity contribution is -0.141. The van der Waals surface area contributed by atoms with Crippen LogP contribution < -0.4 is 5.32 Å². The molecule has 9 nitrogen and oxygen atoms in total. The van der Waals surface area contributed by atoms with Crippen LogP contribution in [-0.2, 0) is 23.1 Å². The molecule has 0 aliphatic carbocycles. The van der Waals surface area contributed by atoms with Crippen molar-refractivity contribution < 1.29 is 19.4 Å². The van der Waals surface area contributed by atoms with Gasteiger partial charge in [0.2, 0.25) is 0 Å². The molecule has 2 N–H and O–H groups in total. The molecule has 2 heterocycles. The van der Waals surface area contributed by atoms with Crippen molar-refractivity contribution >= 4 is 12.1 Å². The number of aliphatic carboxylic acids is 1. The summed E-state index contributed by atoms with van der Waals surface area (Å²) in [6.45, 7) is 6.33. The summed E-state index contributed by atoms with van der Waals surface area (Å²) in [5.41, 5.74) is -1.25. The van der Waals surface area contributed by atoms with Gasteiger partial charge in [-0.05, 0) is 20.8 Å². The van der Waals surface area contributed by atoms with E-state index in [1.165, 1.54) is 4.90 Å².